The van der Waals surface area contributed by atoms with E-state index in [9.17, 15) is 28.1 Å². The first-order valence-electron chi connectivity index (χ1n) is 9.94. The molecule has 0 aliphatic carbocycles. The highest BCUT2D eigenvalue weighted by molar-refractivity contribution is 7.17. The molecule has 0 N–H and O–H groups in total. The van der Waals surface area contributed by atoms with Crippen molar-refractivity contribution in [1.82, 2.24) is 14.9 Å². The molecule has 1 fully saturated rings. The van der Waals surface area contributed by atoms with Gasteiger partial charge in [0.25, 0.3) is 11.6 Å². The summed E-state index contributed by atoms with van der Waals surface area (Å²) in [5.74, 6) is -0.200. The Labute approximate surface area is 190 Å². The fourth-order valence-electron chi connectivity index (χ4n) is 3.60. The van der Waals surface area contributed by atoms with Gasteiger partial charge in [-0.1, -0.05) is 6.07 Å². The Morgan fingerprint density at radius 3 is 2.48 bits per heavy atom. The van der Waals surface area contributed by atoms with Gasteiger partial charge in [0.05, 0.1) is 21.9 Å². The molecule has 1 aromatic carbocycles. The van der Waals surface area contributed by atoms with E-state index in [1.807, 2.05) is 12.1 Å². The first kappa shape index (κ1) is 22.6. The second-order valence-electron chi connectivity index (χ2n) is 7.39. The zero-order valence-electron chi connectivity index (χ0n) is 17.4. The van der Waals surface area contributed by atoms with E-state index in [1.165, 1.54) is 11.3 Å². The topological polar surface area (TPSA) is 92.5 Å². The summed E-state index contributed by atoms with van der Waals surface area (Å²) in [6, 6.07) is 7.93. The summed E-state index contributed by atoms with van der Waals surface area (Å²) < 4.78 is 38.9. The number of aromatic nitrogens is 2. The van der Waals surface area contributed by atoms with Crippen LogP contribution in [0.5, 0.6) is 0 Å². The van der Waals surface area contributed by atoms with Crippen molar-refractivity contribution in [2.45, 2.75) is 13.1 Å². The Balaban J connectivity index is 1.49. The van der Waals surface area contributed by atoms with E-state index in [0.29, 0.717) is 27.3 Å². The molecule has 1 aliphatic heterocycles. The molecule has 3 heterocycles. The molecule has 2 aromatic heterocycles. The molecule has 33 heavy (non-hydrogen) atoms. The maximum Gasteiger partial charge on any atom is 0.416 e. The van der Waals surface area contributed by atoms with Gasteiger partial charge >= 0.3 is 6.18 Å². The van der Waals surface area contributed by atoms with Crippen molar-refractivity contribution in [3.63, 3.8) is 0 Å². The molecule has 0 radical (unpaired) electrons. The second-order valence-corrected chi connectivity index (χ2v) is 8.39. The zero-order valence-corrected chi connectivity index (χ0v) is 18.2. The van der Waals surface area contributed by atoms with Gasteiger partial charge in [-0.15, -0.1) is 11.3 Å². The number of alkyl halides is 3. The van der Waals surface area contributed by atoms with Gasteiger partial charge in [0.15, 0.2) is 0 Å². The number of nitro groups is 1. The van der Waals surface area contributed by atoms with Crippen LogP contribution in [-0.4, -0.2) is 51.9 Å². The SMILES string of the molecule is Cc1nc(-c2ccccn2)sc1C(=O)N1CCN(c2ccc(C(F)(F)F)cc2[N+](=O)[O-])CC1. The Kier molecular flexibility index (Phi) is 6.02. The third-order valence-corrected chi connectivity index (χ3v) is 6.45. The molecule has 1 saturated heterocycles. The van der Waals surface area contributed by atoms with Crippen molar-refractivity contribution in [3.8, 4) is 10.7 Å². The standard InChI is InChI=1S/C21H18F3N5O3S/c1-13-18(33-19(26-13)15-4-2-3-7-25-15)20(30)28-10-8-27(9-11-28)16-6-5-14(21(22,23)24)12-17(16)29(31)32/h2-7,12H,8-11H2,1H3. The van der Waals surface area contributed by atoms with Crippen molar-refractivity contribution in [2.75, 3.05) is 31.1 Å². The lowest BCUT2D eigenvalue weighted by Gasteiger charge is -2.35. The van der Waals surface area contributed by atoms with Crippen molar-refractivity contribution < 1.29 is 22.9 Å². The predicted molar refractivity (Wildman–Crippen MR) is 116 cm³/mol. The summed E-state index contributed by atoms with van der Waals surface area (Å²) in [5.41, 5.74) is -0.318. The molecule has 0 atom stereocenters. The van der Waals surface area contributed by atoms with E-state index in [0.717, 1.165) is 12.1 Å². The van der Waals surface area contributed by atoms with Gasteiger partial charge in [0.1, 0.15) is 15.6 Å². The molecule has 0 bridgehead atoms. The van der Waals surface area contributed by atoms with Crippen LogP contribution in [0.2, 0.25) is 0 Å². The number of hydrogen-bond acceptors (Lipinski definition) is 7. The number of benzene rings is 1. The number of rotatable bonds is 4. The number of amides is 1. The van der Waals surface area contributed by atoms with Crippen LogP contribution in [0.1, 0.15) is 20.9 Å². The van der Waals surface area contributed by atoms with Crippen LogP contribution in [0.3, 0.4) is 0 Å². The molecule has 0 saturated carbocycles. The van der Waals surface area contributed by atoms with E-state index in [2.05, 4.69) is 9.97 Å². The maximum atomic E-state index is 13.1. The summed E-state index contributed by atoms with van der Waals surface area (Å²) in [6.07, 6.45) is -3.03. The third kappa shape index (κ3) is 4.65. The predicted octanol–water partition coefficient (Wildman–Crippen LogP) is 4.40. The Morgan fingerprint density at radius 1 is 1.15 bits per heavy atom. The Hall–Kier alpha value is -3.54. The number of piperazine rings is 1. The molecule has 8 nitrogen and oxygen atoms in total. The van der Waals surface area contributed by atoms with Gasteiger partial charge in [0, 0.05) is 38.4 Å². The van der Waals surface area contributed by atoms with E-state index < -0.39 is 22.4 Å². The number of nitrogens with zero attached hydrogens (tertiary/aromatic N) is 5. The average molecular weight is 477 g/mol. The number of halogens is 3. The smallest absolute Gasteiger partial charge is 0.362 e. The maximum absolute atomic E-state index is 13.1. The molecule has 172 valence electrons. The first-order chi connectivity index (χ1) is 15.6. The quantitative estimate of drug-likeness (QED) is 0.409. The van der Waals surface area contributed by atoms with E-state index in [-0.39, 0.29) is 37.8 Å². The van der Waals surface area contributed by atoms with E-state index in [4.69, 9.17) is 0 Å². The van der Waals surface area contributed by atoms with Gasteiger partial charge in [0.2, 0.25) is 0 Å². The Morgan fingerprint density at radius 2 is 1.88 bits per heavy atom. The fourth-order valence-corrected chi connectivity index (χ4v) is 4.61. The monoisotopic (exact) mass is 477 g/mol. The number of carbonyl (C=O) groups excluding carboxylic acids is 1. The van der Waals surface area contributed by atoms with Crippen LogP contribution in [-0.2, 0) is 6.18 Å². The number of carbonyl (C=O) groups is 1. The lowest BCUT2D eigenvalue weighted by atomic mass is 10.1. The van der Waals surface area contributed by atoms with Gasteiger partial charge in [-0.2, -0.15) is 13.2 Å². The minimum atomic E-state index is -4.67. The largest absolute Gasteiger partial charge is 0.416 e. The molecule has 1 aliphatic rings. The minimum Gasteiger partial charge on any atom is -0.362 e. The third-order valence-electron chi connectivity index (χ3n) is 5.28. The number of anilines is 1. The highest BCUT2D eigenvalue weighted by atomic mass is 32.1. The highest BCUT2D eigenvalue weighted by Crippen LogP contribution is 2.37. The van der Waals surface area contributed by atoms with Crippen LogP contribution in [0.25, 0.3) is 10.7 Å². The summed E-state index contributed by atoms with van der Waals surface area (Å²) in [7, 11) is 0. The molecule has 1 amide bonds. The van der Waals surface area contributed by atoms with Crippen LogP contribution in [0, 0.1) is 17.0 Å². The van der Waals surface area contributed by atoms with Crippen LogP contribution in [0.15, 0.2) is 42.6 Å². The van der Waals surface area contributed by atoms with Crippen LogP contribution < -0.4 is 4.90 Å². The van der Waals surface area contributed by atoms with Crippen LogP contribution >= 0.6 is 11.3 Å². The molecule has 3 aromatic rings. The molecular formula is C21H18F3N5O3S. The molecule has 0 spiro atoms. The number of nitro benzene ring substituents is 1. The van der Waals surface area contributed by atoms with Crippen molar-refractivity contribution in [3.05, 3.63) is 68.8 Å². The zero-order chi connectivity index (χ0) is 23.8. The lowest BCUT2D eigenvalue weighted by molar-refractivity contribution is -0.384. The average Bonchev–Trinajstić information content (AvgIpc) is 3.20. The van der Waals surface area contributed by atoms with Gasteiger partial charge in [-0.3, -0.25) is 19.9 Å². The fraction of sp³-hybridized carbons (Fsp3) is 0.286. The van der Waals surface area contributed by atoms with Gasteiger partial charge in [-0.25, -0.2) is 4.98 Å². The molecule has 0 unspecified atom stereocenters. The normalized spacial score (nSPS) is 14.4. The highest BCUT2D eigenvalue weighted by Gasteiger charge is 2.34. The van der Waals surface area contributed by atoms with Crippen LogP contribution in [0.4, 0.5) is 24.5 Å². The summed E-state index contributed by atoms with van der Waals surface area (Å²) in [4.78, 5) is 36.1. The lowest BCUT2D eigenvalue weighted by Crippen LogP contribution is -2.49. The summed E-state index contributed by atoms with van der Waals surface area (Å²) in [6.45, 7) is 2.80. The second kappa shape index (κ2) is 8.77. The van der Waals surface area contributed by atoms with Crippen molar-refractivity contribution in [2.24, 2.45) is 0 Å². The minimum absolute atomic E-state index is 0.103. The van der Waals surface area contributed by atoms with Crippen molar-refractivity contribution in [1.29, 1.82) is 0 Å². The van der Waals surface area contributed by atoms with E-state index >= 15 is 0 Å². The number of pyridine rings is 1. The number of aryl methyl sites for hydroxylation is 1. The Bertz CT molecular complexity index is 1190. The van der Waals surface area contributed by atoms with Crippen molar-refractivity contribution >= 4 is 28.6 Å². The number of thiazole rings is 1. The molecular weight excluding hydrogens is 459 g/mol. The first-order valence-corrected chi connectivity index (χ1v) is 10.8. The van der Waals surface area contributed by atoms with E-state index in [1.54, 1.807) is 29.0 Å². The molecule has 12 heteroatoms. The van der Waals surface area contributed by atoms with Gasteiger partial charge in [-0.05, 0) is 31.2 Å². The summed E-state index contributed by atoms with van der Waals surface area (Å²) in [5, 5.41) is 12.0. The number of hydrogen-bond donors (Lipinski definition) is 0. The summed E-state index contributed by atoms with van der Waals surface area (Å²) >= 11 is 1.25. The molecule has 4 rings (SSSR count). The van der Waals surface area contributed by atoms with Gasteiger partial charge < -0.3 is 9.80 Å².